The van der Waals surface area contributed by atoms with Crippen LogP contribution in [0.4, 0.5) is 17.5 Å². The number of methoxy groups -OCH3 is 1. The van der Waals surface area contributed by atoms with E-state index in [4.69, 9.17) is 14.7 Å². The van der Waals surface area contributed by atoms with Crippen molar-refractivity contribution >= 4 is 17.5 Å². The Morgan fingerprint density at radius 3 is 2.48 bits per heavy atom. The fourth-order valence-electron chi connectivity index (χ4n) is 2.93. The zero-order chi connectivity index (χ0) is 19.4. The van der Waals surface area contributed by atoms with Crippen LogP contribution in [-0.4, -0.2) is 47.5 Å². The number of likely N-dealkylation sites (N-methyl/N-ethyl adjacent to an activating group) is 1. The van der Waals surface area contributed by atoms with E-state index >= 15 is 0 Å². The fourth-order valence-corrected chi connectivity index (χ4v) is 2.93. The summed E-state index contributed by atoms with van der Waals surface area (Å²) in [5, 5.41) is 10.5. The second-order valence-corrected chi connectivity index (χ2v) is 6.68. The molecule has 2 aromatic heterocycles. The number of nitrogens with one attached hydrogen (secondary N) is 2. The molecule has 144 valence electrons. The Hall–Kier alpha value is -2.93. The molecule has 0 aliphatic heterocycles. The summed E-state index contributed by atoms with van der Waals surface area (Å²) in [6, 6.07) is 10.1. The molecule has 0 radical (unpaired) electrons. The molecule has 0 atom stereocenters. The van der Waals surface area contributed by atoms with Gasteiger partial charge in [-0.1, -0.05) is 18.2 Å². The first-order valence-corrected chi connectivity index (χ1v) is 8.92. The molecule has 0 fully saturated rings. The van der Waals surface area contributed by atoms with Crippen LogP contribution in [-0.2, 0) is 4.74 Å². The maximum atomic E-state index is 5.20. The Labute approximate surface area is 161 Å². The van der Waals surface area contributed by atoms with Crippen LogP contribution in [0.5, 0.6) is 0 Å². The van der Waals surface area contributed by atoms with Crippen LogP contribution in [0.15, 0.2) is 30.3 Å². The van der Waals surface area contributed by atoms with Gasteiger partial charge in [-0.05, 0) is 31.9 Å². The van der Waals surface area contributed by atoms with Crippen molar-refractivity contribution in [1.29, 1.82) is 0 Å². The quantitative estimate of drug-likeness (QED) is 0.659. The lowest BCUT2D eigenvalue weighted by Gasteiger charge is -2.20. The van der Waals surface area contributed by atoms with Crippen molar-refractivity contribution in [2.75, 3.05) is 37.5 Å². The summed E-state index contributed by atoms with van der Waals surface area (Å²) in [6.07, 6.45) is 0. The minimum absolute atomic E-state index is 0. The average molecular weight is 368 g/mol. The Morgan fingerprint density at radius 2 is 1.85 bits per heavy atom. The van der Waals surface area contributed by atoms with Crippen molar-refractivity contribution in [3.05, 3.63) is 47.2 Å². The molecule has 0 amide bonds. The van der Waals surface area contributed by atoms with Gasteiger partial charge in [0.2, 0.25) is 0 Å². The second-order valence-electron chi connectivity index (χ2n) is 6.68. The minimum atomic E-state index is 0. The highest BCUT2D eigenvalue weighted by Crippen LogP contribution is 2.28. The number of aromatic nitrogens is 4. The summed E-state index contributed by atoms with van der Waals surface area (Å²) >= 11 is 0. The molecule has 1 aromatic carbocycles. The molecule has 0 spiro atoms. The lowest BCUT2D eigenvalue weighted by Crippen LogP contribution is -2.23. The van der Waals surface area contributed by atoms with Crippen LogP contribution in [0.25, 0.3) is 11.4 Å². The molecule has 7 heteroatoms. The SMILES string of the molecule is COCCN(C)c1cc(Nc2cc(C)[nH]n2)nc(-c2c(C)cccc2C)n1.[HH]. The van der Waals surface area contributed by atoms with Gasteiger partial charge in [0.15, 0.2) is 11.6 Å². The van der Waals surface area contributed by atoms with Crippen LogP contribution >= 0.6 is 0 Å². The molecular formula is C20H28N6O. The highest BCUT2D eigenvalue weighted by atomic mass is 16.5. The van der Waals surface area contributed by atoms with E-state index in [9.17, 15) is 0 Å². The Bertz CT molecular complexity index is 907. The second kappa shape index (κ2) is 8.18. The van der Waals surface area contributed by atoms with E-state index in [-0.39, 0.29) is 1.43 Å². The number of aromatic amines is 1. The van der Waals surface area contributed by atoms with Crippen molar-refractivity contribution in [3.8, 4) is 11.4 Å². The number of benzene rings is 1. The van der Waals surface area contributed by atoms with Gasteiger partial charge in [-0.2, -0.15) is 5.10 Å². The topological polar surface area (TPSA) is 79.0 Å². The van der Waals surface area contributed by atoms with Gasteiger partial charge in [-0.15, -0.1) is 0 Å². The van der Waals surface area contributed by atoms with Crippen molar-refractivity contribution in [2.24, 2.45) is 0 Å². The third-order valence-corrected chi connectivity index (χ3v) is 4.40. The molecule has 3 rings (SSSR count). The molecule has 2 heterocycles. The predicted octanol–water partition coefficient (Wildman–Crippen LogP) is 3.86. The highest BCUT2D eigenvalue weighted by Gasteiger charge is 2.14. The zero-order valence-corrected chi connectivity index (χ0v) is 16.5. The van der Waals surface area contributed by atoms with Crippen LogP contribution in [0.1, 0.15) is 18.2 Å². The smallest absolute Gasteiger partial charge is 0.164 e. The molecule has 0 saturated heterocycles. The van der Waals surface area contributed by atoms with Gasteiger partial charge in [-0.25, -0.2) is 9.97 Å². The fraction of sp³-hybridized carbons (Fsp3) is 0.350. The van der Waals surface area contributed by atoms with E-state index in [0.717, 1.165) is 40.6 Å². The van der Waals surface area contributed by atoms with Crippen LogP contribution in [0.2, 0.25) is 0 Å². The van der Waals surface area contributed by atoms with Crippen molar-refractivity contribution in [3.63, 3.8) is 0 Å². The van der Waals surface area contributed by atoms with E-state index in [2.05, 4.69) is 46.4 Å². The zero-order valence-electron chi connectivity index (χ0n) is 16.5. The Morgan fingerprint density at radius 1 is 1.11 bits per heavy atom. The van der Waals surface area contributed by atoms with Gasteiger partial charge in [0, 0.05) is 45.5 Å². The molecule has 0 unspecified atom stereocenters. The average Bonchev–Trinajstić information content (AvgIpc) is 3.04. The third kappa shape index (κ3) is 4.43. The largest absolute Gasteiger partial charge is 0.383 e. The third-order valence-electron chi connectivity index (χ3n) is 4.40. The van der Waals surface area contributed by atoms with Crippen molar-refractivity contribution in [1.82, 2.24) is 20.2 Å². The number of anilines is 3. The number of rotatable bonds is 7. The number of aryl methyl sites for hydroxylation is 3. The van der Waals surface area contributed by atoms with E-state index in [1.54, 1.807) is 7.11 Å². The van der Waals surface area contributed by atoms with Gasteiger partial charge >= 0.3 is 0 Å². The summed E-state index contributed by atoms with van der Waals surface area (Å²) < 4.78 is 5.20. The van der Waals surface area contributed by atoms with Gasteiger partial charge in [0.1, 0.15) is 11.6 Å². The lowest BCUT2D eigenvalue weighted by molar-refractivity contribution is 0.206. The number of nitrogens with zero attached hydrogens (tertiary/aromatic N) is 4. The summed E-state index contributed by atoms with van der Waals surface area (Å²) in [5.74, 6) is 2.95. The summed E-state index contributed by atoms with van der Waals surface area (Å²) in [5.41, 5.74) is 4.33. The first-order chi connectivity index (χ1) is 13.0. The Kier molecular flexibility index (Phi) is 5.71. The predicted molar refractivity (Wildman–Crippen MR) is 111 cm³/mol. The molecule has 2 N–H and O–H groups in total. The van der Waals surface area contributed by atoms with Gasteiger partial charge in [0.05, 0.1) is 6.61 Å². The van der Waals surface area contributed by atoms with Crippen molar-refractivity contribution < 1.29 is 6.16 Å². The molecular weight excluding hydrogens is 340 g/mol. The molecule has 7 nitrogen and oxygen atoms in total. The first kappa shape index (κ1) is 18.8. The highest BCUT2D eigenvalue weighted by molar-refractivity contribution is 5.69. The van der Waals surface area contributed by atoms with Crippen LogP contribution in [0, 0.1) is 20.8 Å². The lowest BCUT2D eigenvalue weighted by atomic mass is 10.0. The van der Waals surface area contributed by atoms with E-state index in [1.807, 2.05) is 32.2 Å². The molecule has 0 aliphatic rings. The maximum absolute atomic E-state index is 5.20. The van der Waals surface area contributed by atoms with Crippen LogP contribution in [0.3, 0.4) is 0 Å². The van der Waals surface area contributed by atoms with Gasteiger partial charge in [-0.3, -0.25) is 5.10 Å². The normalized spacial score (nSPS) is 10.9. The maximum Gasteiger partial charge on any atom is 0.164 e. The van der Waals surface area contributed by atoms with Crippen LogP contribution < -0.4 is 10.2 Å². The molecule has 3 aromatic rings. The molecule has 0 aliphatic carbocycles. The minimum Gasteiger partial charge on any atom is -0.383 e. The first-order valence-electron chi connectivity index (χ1n) is 8.92. The summed E-state index contributed by atoms with van der Waals surface area (Å²) in [4.78, 5) is 11.6. The number of H-pyrrole nitrogens is 1. The number of hydrogen-bond donors (Lipinski definition) is 2. The number of ether oxygens (including phenoxy) is 1. The summed E-state index contributed by atoms with van der Waals surface area (Å²) in [7, 11) is 3.70. The summed E-state index contributed by atoms with van der Waals surface area (Å²) in [6.45, 7) is 7.49. The molecule has 0 saturated carbocycles. The Balaban J connectivity index is 0.00000280. The number of hydrogen-bond acceptors (Lipinski definition) is 6. The van der Waals surface area contributed by atoms with E-state index in [0.29, 0.717) is 18.2 Å². The van der Waals surface area contributed by atoms with Gasteiger partial charge < -0.3 is 15.0 Å². The van der Waals surface area contributed by atoms with E-state index in [1.165, 1.54) is 0 Å². The molecule has 0 bridgehead atoms. The standard InChI is InChI=1S/C20H26N6O.H2/c1-13-7-6-8-14(2)19(13)20-22-16(21-17-11-15(3)24-25-17)12-18(23-20)26(4)9-10-27-5;/h6-8,11-12H,9-10H2,1-5H3,(H2,21,22,23,24,25);1H. The van der Waals surface area contributed by atoms with Gasteiger partial charge in [0.25, 0.3) is 0 Å². The molecule has 27 heavy (non-hydrogen) atoms. The van der Waals surface area contributed by atoms with Crippen molar-refractivity contribution in [2.45, 2.75) is 20.8 Å². The van der Waals surface area contributed by atoms with E-state index < -0.39 is 0 Å². The monoisotopic (exact) mass is 368 g/mol.